The Bertz CT molecular complexity index is 151. The largest absolute Gasteiger partial charge is 0.419 e. The van der Waals surface area contributed by atoms with Gasteiger partial charge in [-0.25, -0.2) is 4.79 Å². The lowest BCUT2D eigenvalue weighted by Gasteiger charge is -2.31. The maximum Gasteiger partial charge on any atom is 0.419 e. The highest BCUT2D eigenvalue weighted by Crippen LogP contribution is 2.17. The van der Waals surface area contributed by atoms with Gasteiger partial charge in [0.15, 0.2) is 23.0 Å². The number of rotatable bonds is 0. The van der Waals surface area contributed by atoms with Gasteiger partial charge in [-0.2, -0.15) is 0 Å². The molecule has 4 heteroatoms. The van der Waals surface area contributed by atoms with E-state index in [4.69, 9.17) is 0 Å². The number of piperidine rings is 1. The SMILES string of the molecule is CC1CCCCN1C(=O)OI. The Morgan fingerprint density at radius 1 is 1.64 bits per heavy atom. The van der Waals surface area contributed by atoms with Crippen molar-refractivity contribution in [3.8, 4) is 0 Å². The molecule has 0 aromatic heterocycles. The molecule has 1 unspecified atom stereocenters. The highest BCUT2D eigenvalue weighted by molar-refractivity contribution is 14.1. The number of amides is 1. The van der Waals surface area contributed by atoms with Gasteiger partial charge in [0.25, 0.3) is 0 Å². The number of hydrogen-bond donors (Lipinski definition) is 0. The minimum absolute atomic E-state index is 0.196. The summed E-state index contributed by atoms with van der Waals surface area (Å²) in [5, 5.41) is 0. The van der Waals surface area contributed by atoms with Crippen LogP contribution in [0.4, 0.5) is 4.79 Å². The van der Waals surface area contributed by atoms with Crippen LogP contribution < -0.4 is 0 Å². The maximum atomic E-state index is 11.1. The van der Waals surface area contributed by atoms with Crippen molar-refractivity contribution in [1.29, 1.82) is 0 Å². The Labute approximate surface area is 80.8 Å². The van der Waals surface area contributed by atoms with Crippen molar-refractivity contribution in [2.75, 3.05) is 6.54 Å². The van der Waals surface area contributed by atoms with Crippen LogP contribution in [0.15, 0.2) is 0 Å². The molecule has 0 aromatic carbocycles. The van der Waals surface area contributed by atoms with Gasteiger partial charge >= 0.3 is 6.09 Å². The van der Waals surface area contributed by atoms with Crippen LogP contribution in [0.25, 0.3) is 0 Å². The Kier molecular flexibility index (Phi) is 3.42. The minimum atomic E-state index is -0.196. The molecule has 1 heterocycles. The molecule has 3 nitrogen and oxygen atoms in total. The molecule has 1 fully saturated rings. The molecule has 1 rings (SSSR count). The summed E-state index contributed by atoms with van der Waals surface area (Å²) >= 11 is 1.63. The second-order valence-electron chi connectivity index (χ2n) is 2.88. The van der Waals surface area contributed by atoms with E-state index in [0.717, 1.165) is 19.4 Å². The number of carbonyl (C=O) groups excluding carboxylic acids is 1. The van der Waals surface area contributed by atoms with Crippen molar-refractivity contribution in [3.63, 3.8) is 0 Å². The monoisotopic (exact) mass is 269 g/mol. The Balaban J connectivity index is 2.47. The van der Waals surface area contributed by atoms with Crippen LogP contribution >= 0.6 is 23.0 Å². The van der Waals surface area contributed by atoms with Crippen LogP contribution in [-0.4, -0.2) is 23.6 Å². The molecule has 1 aliphatic heterocycles. The Morgan fingerprint density at radius 2 is 2.36 bits per heavy atom. The standard InChI is InChI=1S/C7H12INO2/c1-6-4-2-3-5-9(6)7(10)11-8/h6H,2-5H2,1H3. The fourth-order valence-electron chi connectivity index (χ4n) is 1.41. The molecule has 11 heavy (non-hydrogen) atoms. The van der Waals surface area contributed by atoms with Gasteiger partial charge in [-0.3, -0.25) is 0 Å². The fourth-order valence-corrected chi connectivity index (χ4v) is 1.67. The van der Waals surface area contributed by atoms with Crippen molar-refractivity contribution in [2.45, 2.75) is 32.2 Å². The second-order valence-corrected chi connectivity index (χ2v) is 3.32. The molecule has 64 valence electrons. The fraction of sp³-hybridized carbons (Fsp3) is 0.857. The molecule has 0 saturated carbocycles. The first-order valence-electron chi connectivity index (χ1n) is 3.85. The summed E-state index contributed by atoms with van der Waals surface area (Å²) in [4.78, 5) is 12.9. The summed E-state index contributed by atoms with van der Waals surface area (Å²) in [7, 11) is 0. The molecule has 0 spiro atoms. The van der Waals surface area contributed by atoms with E-state index in [1.54, 1.807) is 27.9 Å². The zero-order chi connectivity index (χ0) is 8.27. The van der Waals surface area contributed by atoms with Gasteiger partial charge in [-0.1, -0.05) is 0 Å². The molecule has 0 radical (unpaired) electrons. The van der Waals surface area contributed by atoms with Crippen LogP contribution in [0.1, 0.15) is 26.2 Å². The summed E-state index contributed by atoms with van der Waals surface area (Å²) in [5.41, 5.74) is 0. The molecule has 1 saturated heterocycles. The van der Waals surface area contributed by atoms with Crippen LogP contribution in [0.5, 0.6) is 0 Å². The summed E-state index contributed by atoms with van der Waals surface area (Å²) in [6, 6.07) is 0.353. The Morgan fingerprint density at radius 3 is 2.91 bits per heavy atom. The molecule has 1 atom stereocenters. The first kappa shape index (κ1) is 9.09. The zero-order valence-electron chi connectivity index (χ0n) is 6.55. The lowest BCUT2D eigenvalue weighted by Crippen LogP contribution is -2.41. The molecular weight excluding hydrogens is 257 g/mol. The van der Waals surface area contributed by atoms with Crippen LogP contribution in [-0.2, 0) is 3.07 Å². The quantitative estimate of drug-likeness (QED) is 0.632. The summed E-state index contributed by atoms with van der Waals surface area (Å²) in [5.74, 6) is 0. The molecule has 0 N–H and O–H groups in total. The average Bonchev–Trinajstić information content (AvgIpc) is 2.04. The van der Waals surface area contributed by atoms with Gasteiger partial charge in [0.2, 0.25) is 0 Å². The second kappa shape index (κ2) is 4.13. The number of likely N-dealkylation sites (tertiary alicyclic amines) is 1. The summed E-state index contributed by atoms with van der Waals surface area (Å²) in [6.45, 7) is 2.91. The topological polar surface area (TPSA) is 29.5 Å². The molecule has 0 bridgehead atoms. The molecular formula is C7H12INO2. The predicted molar refractivity (Wildman–Crippen MR) is 50.5 cm³/mol. The van der Waals surface area contributed by atoms with Gasteiger partial charge in [-0.15, -0.1) is 0 Å². The van der Waals surface area contributed by atoms with Crippen LogP contribution in [0, 0.1) is 0 Å². The van der Waals surface area contributed by atoms with Crippen LogP contribution in [0.2, 0.25) is 0 Å². The van der Waals surface area contributed by atoms with Crippen molar-refractivity contribution >= 4 is 29.1 Å². The van der Waals surface area contributed by atoms with Crippen molar-refractivity contribution in [3.05, 3.63) is 0 Å². The maximum absolute atomic E-state index is 11.1. The van der Waals surface area contributed by atoms with Gasteiger partial charge < -0.3 is 7.97 Å². The van der Waals surface area contributed by atoms with E-state index in [9.17, 15) is 4.79 Å². The van der Waals surface area contributed by atoms with E-state index >= 15 is 0 Å². The van der Waals surface area contributed by atoms with Gasteiger partial charge in [0, 0.05) is 12.6 Å². The van der Waals surface area contributed by atoms with Gasteiger partial charge in [0.05, 0.1) is 0 Å². The average molecular weight is 269 g/mol. The third-order valence-corrected chi connectivity index (χ3v) is 2.48. The van der Waals surface area contributed by atoms with E-state index in [-0.39, 0.29) is 6.09 Å². The summed E-state index contributed by atoms with van der Waals surface area (Å²) in [6.07, 6.45) is 3.24. The third kappa shape index (κ3) is 2.21. The van der Waals surface area contributed by atoms with E-state index in [1.807, 2.05) is 0 Å². The van der Waals surface area contributed by atoms with Crippen molar-refractivity contribution in [2.24, 2.45) is 0 Å². The highest BCUT2D eigenvalue weighted by Gasteiger charge is 2.23. The van der Waals surface area contributed by atoms with E-state index in [2.05, 4.69) is 9.99 Å². The number of nitrogens with zero attached hydrogens (tertiary/aromatic N) is 1. The molecule has 1 amide bonds. The van der Waals surface area contributed by atoms with E-state index in [1.165, 1.54) is 6.42 Å². The minimum Gasteiger partial charge on any atom is -0.378 e. The molecule has 0 aromatic rings. The van der Waals surface area contributed by atoms with E-state index < -0.39 is 0 Å². The number of hydrogen-bond acceptors (Lipinski definition) is 2. The van der Waals surface area contributed by atoms with Crippen molar-refractivity contribution in [1.82, 2.24) is 4.90 Å². The Hall–Kier alpha value is 0. The molecule has 0 aliphatic carbocycles. The first-order valence-corrected chi connectivity index (χ1v) is 4.73. The highest BCUT2D eigenvalue weighted by atomic mass is 127. The zero-order valence-corrected chi connectivity index (χ0v) is 8.70. The smallest absolute Gasteiger partial charge is 0.378 e. The lowest BCUT2D eigenvalue weighted by atomic mass is 10.0. The third-order valence-electron chi connectivity index (χ3n) is 2.10. The number of halogens is 1. The predicted octanol–water partition coefficient (Wildman–Crippen LogP) is 2.35. The van der Waals surface area contributed by atoms with Crippen molar-refractivity contribution < 1.29 is 7.86 Å². The normalized spacial score (nSPS) is 24.9. The van der Waals surface area contributed by atoms with E-state index in [0.29, 0.717) is 6.04 Å². The van der Waals surface area contributed by atoms with Crippen LogP contribution in [0.3, 0.4) is 0 Å². The lowest BCUT2D eigenvalue weighted by molar-refractivity contribution is 0.131. The number of carbonyl (C=O) groups is 1. The van der Waals surface area contributed by atoms with Gasteiger partial charge in [-0.05, 0) is 26.2 Å². The molecule has 1 aliphatic rings. The summed E-state index contributed by atoms with van der Waals surface area (Å²) < 4.78 is 4.62. The first-order chi connectivity index (χ1) is 5.25. The van der Waals surface area contributed by atoms with Gasteiger partial charge in [0.1, 0.15) is 0 Å².